The highest BCUT2D eigenvalue weighted by Crippen LogP contribution is 2.17. The van der Waals surface area contributed by atoms with Gasteiger partial charge in [-0.1, -0.05) is 17.7 Å². The summed E-state index contributed by atoms with van der Waals surface area (Å²) in [5, 5.41) is 4.69. The maximum atomic E-state index is 11.8. The minimum atomic E-state index is -0.534. The van der Waals surface area contributed by atoms with E-state index in [2.05, 4.69) is 5.32 Å². The first-order valence-corrected chi connectivity index (χ1v) is 8.09. The number of benzene rings is 1. The molecule has 0 aliphatic carbocycles. The van der Waals surface area contributed by atoms with Crippen LogP contribution in [0.3, 0.4) is 0 Å². The van der Waals surface area contributed by atoms with Crippen molar-refractivity contribution in [2.75, 3.05) is 11.9 Å². The van der Waals surface area contributed by atoms with E-state index in [9.17, 15) is 9.59 Å². The van der Waals surface area contributed by atoms with E-state index in [-0.39, 0.29) is 12.5 Å². The molecule has 0 saturated carbocycles. The summed E-state index contributed by atoms with van der Waals surface area (Å²) in [5.41, 5.74) is 3.92. The molecule has 0 aliphatic rings. The van der Waals surface area contributed by atoms with Crippen molar-refractivity contribution < 1.29 is 14.3 Å². The normalized spacial score (nSPS) is 10.7. The molecule has 1 aromatic carbocycles. The first-order chi connectivity index (χ1) is 11.0. The molecule has 0 bridgehead atoms. The Labute approximate surface area is 139 Å². The van der Waals surface area contributed by atoms with Crippen LogP contribution in [0.2, 0.25) is 0 Å². The van der Waals surface area contributed by atoms with Crippen molar-refractivity contribution in [2.24, 2.45) is 0 Å². The van der Waals surface area contributed by atoms with Crippen molar-refractivity contribution in [2.45, 2.75) is 20.8 Å². The van der Waals surface area contributed by atoms with Gasteiger partial charge in [0.05, 0.1) is 0 Å². The summed E-state index contributed by atoms with van der Waals surface area (Å²) >= 11 is 1.55. The lowest BCUT2D eigenvalue weighted by Crippen LogP contribution is -2.20. The topological polar surface area (TPSA) is 55.4 Å². The smallest absolute Gasteiger partial charge is 0.331 e. The minimum absolute atomic E-state index is 0.306. The molecule has 2 aromatic rings. The predicted octanol–water partition coefficient (Wildman–Crippen LogP) is 3.87. The number of thiophene rings is 1. The van der Waals surface area contributed by atoms with Gasteiger partial charge in [0, 0.05) is 16.6 Å². The maximum absolute atomic E-state index is 11.8. The molecule has 0 atom stereocenters. The average Bonchev–Trinajstić information content (AvgIpc) is 2.91. The number of hydrogen-bond donors (Lipinski definition) is 1. The van der Waals surface area contributed by atoms with Crippen molar-refractivity contribution in [3.05, 3.63) is 57.3 Å². The standard InChI is InChI=1S/C18H19NO3S/c1-12-4-5-15(14(3)10-12)19-17(20)11-22-18(21)7-6-16-13(2)8-9-23-16/h4-10H,11H2,1-3H3,(H,19,20)/b7-6+. The Bertz CT molecular complexity index is 746. The molecule has 2 rings (SSSR count). The highest BCUT2D eigenvalue weighted by molar-refractivity contribution is 7.11. The summed E-state index contributed by atoms with van der Waals surface area (Å²) in [5.74, 6) is -0.889. The van der Waals surface area contributed by atoms with Gasteiger partial charge in [0.1, 0.15) is 0 Å². The fourth-order valence-electron chi connectivity index (χ4n) is 2.02. The average molecular weight is 329 g/mol. The van der Waals surface area contributed by atoms with E-state index in [0.717, 1.165) is 27.3 Å². The SMILES string of the molecule is Cc1ccc(NC(=O)COC(=O)/C=C/c2sccc2C)c(C)c1. The molecule has 1 N–H and O–H groups in total. The maximum Gasteiger partial charge on any atom is 0.331 e. The second-order valence-electron chi connectivity index (χ2n) is 5.28. The largest absolute Gasteiger partial charge is 0.452 e. The molecule has 120 valence electrons. The molecule has 1 aromatic heterocycles. The number of aryl methyl sites for hydroxylation is 3. The Hall–Kier alpha value is -2.40. The zero-order valence-corrected chi connectivity index (χ0v) is 14.2. The Kier molecular flexibility index (Phi) is 5.71. The summed E-state index contributed by atoms with van der Waals surface area (Å²) in [4.78, 5) is 24.5. The molecule has 4 nitrogen and oxygen atoms in total. The fourth-order valence-corrected chi connectivity index (χ4v) is 2.84. The van der Waals surface area contributed by atoms with Crippen LogP contribution in [0.1, 0.15) is 21.6 Å². The summed E-state index contributed by atoms with van der Waals surface area (Å²) in [7, 11) is 0. The zero-order valence-electron chi connectivity index (χ0n) is 13.4. The van der Waals surface area contributed by atoms with Crippen LogP contribution in [-0.4, -0.2) is 18.5 Å². The summed E-state index contributed by atoms with van der Waals surface area (Å²) in [6, 6.07) is 7.71. The minimum Gasteiger partial charge on any atom is -0.452 e. The van der Waals surface area contributed by atoms with Gasteiger partial charge in [-0.3, -0.25) is 4.79 Å². The molecule has 1 amide bonds. The van der Waals surface area contributed by atoms with E-state index in [1.807, 2.05) is 50.4 Å². The van der Waals surface area contributed by atoms with Crippen molar-refractivity contribution in [3.63, 3.8) is 0 Å². The Morgan fingerprint density at radius 2 is 1.96 bits per heavy atom. The molecule has 0 spiro atoms. The Balaban J connectivity index is 1.83. The Morgan fingerprint density at radius 1 is 1.17 bits per heavy atom. The lowest BCUT2D eigenvalue weighted by Gasteiger charge is -2.09. The monoisotopic (exact) mass is 329 g/mol. The summed E-state index contributed by atoms with van der Waals surface area (Å²) < 4.78 is 4.94. The van der Waals surface area contributed by atoms with Crippen molar-refractivity contribution >= 4 is 35.0 Å². The van der Waals surface area contributed by atoms with Crippen LogP contribution in [0.15, 0.2) is 35.7 Å². The van der Waals surface area contributed by atoms with Gasteiger partial charge in [-0.2, -0.15) is 0 Å². The van der Waals surface area contributed by atoms with E-state index in [0.29, 0.717) is 0 Å². The van der Waals surface area contributed by atoms with Gasteiger partial charge in [-0.05, 0) is 55.5 Å². The zero-order chi connectivity index (χ0) is 16.8. The van der Waals surface area contributed by atoms with Gasteiger partial charge in [0.25, 0.3) is 5.91 Å². The second kappa shape index (κ2) is 7.74. The van der Waals surface area contributed by atoms with Gasteiger partial charge >= 0.3 is 5.97 Å². The van der Waals surface area contributed by atoms with E-state index >= 15 is 0 Å². The van der Waals surface area contributed by atoms with Gasteiger partial charge in [0.15, 0.2) is 6.61 Å². The number of anilines is 1. The number of ether oxygens (including phenoxy) is 1. The third kappa shape index (κ3) is 5.07. The predicted molar refractivity (Wildman–Crippen MR) is 93.6 cm³/mol. The molecule has 5 heteroatoms. The number of nitrogens with one attached hydrogen (secondary N) is 1. The third-order valence-corrected chi connectivity index (χ3v) is 4.26. The van der Waals surface area contributed by atoms with E-state index < -0.39 is 5.97 Å². The fraction of sp³-hybridized carbons (Fsp3) is 0.222. The molecule has 1 heterocycles. The first-order valence-electron chi connectivity index (χ1n) is 7.22. The lowest BCUT2D eigenvalue weighted by atomic mass is 10.1. The number of amides is 1. The highest BCUT2D eigenvalue weighted by atomic mass is 32.1. The summed E-state index contributed by atoms with van der Waals surface area (Å²) in [6.07, 6.45) is 3.04. The molecule has 0 aliphatic heterocycles. The first kappa shape index (κ1) is 17.0. The van der Waals surface area contributed by atoms with Crippen LogP contribution in [0.5, 0.6) is 0 Å². The van der Waals surface area contributed by atoms with Crippen LogP contribution < -0.4 is 5.32 Å². The van der Waals surface area contributed by atoms with Crippen molar-refractivity contribution in [3.8, 4) is 0 Å². The lowest BCUT2D eigenvalue weighted by molar-refractivity contribution is -0.142. The Morgan fingerprint density at radius 3 is 2.61 bits per heavy atom. The van der Waals surface area contributed by atoms with E-state index in [1.165, 1.54) is 6.08 Å². The molecule has 0 fully saturated rings. The van der Waals surface area contributed by atoms with Crippen LogP contribution in [0.25, 0.3) is 6.08 Å². The van der Waals surface area contributed by atoms with Gasteiger partial charge in [-0.15, -0.1) is 11.3 Å². The van der Waals surface area contributed by atoms with E-state index in [4.69, 9.17) is 4.74 Å². The van der Waals surface area contributed by atoms with E-state index in [1.54, 1.807) is 17.4 Å². The molecule has 0 unspecified atom stereocenters. The van der Waals surface area contributed by atoms with Crippen LogP contribution >= 0.6 is 11.3 Å². The van der Waals surface area contributed by atoms with Gasteiger partial charge < -0.3 is 10.1 Å². The second-order valence-corrected chi connectivity index (χ2v) is 6.22. The number of carbonyl (C=O) groups excluding carboxylic acids is 2. The van der Waals surface area contributed by atoms with Gasteiger partial charge in [-0.25, -0.2) is 4.79 Å². The van der Waals surface area contributed by atoms with Crippen molar-refractivity contribution in [1.82, 2.24) is 0 Å². The number of carbonyl (C=O) groups is 2. The number of rotatable bonds is 5. The molecular formula is C18H19NO3S. The third-order valence-electron chi connectivity index (χ3n) is 3.27. The molecule has 0 saturated heterocycles. The number of esters is 1. The highest BCUT2D eigenvalue weighted by Gasteiger charge is 2.07. The van der Waals surface area contributed by atoms with Crippen molar-refractivity contribution in [1.29, 1.82) is 0 Å². The molecular weight excluding hydrogens is 310 g/mol. The van der Waals surface area contributed by atoms with Crippen LogP contribution in [0.4, 0.5) is 5.69 Å². The molecule has 23 heavy (non-hydrogen) atoms. The number of hydrogen-bond acceptors (Lipinski definition) is 4. The van der Waals surface area contributed by atoms with Crippen LogP contribution in [-0.2, 0) is 14.3 Å². The van der Waals surface area contributed by atoms with Crippen LogP contribution in [0, 0.1) is 20.8 Å². The molecule has 0 radical (unpaired) electrons. The quantitative estimate of drug-likeness (QED) is 0.669. The summed E-state index contributed by atoms with van der Waals surface area (Å²) in [6.45, 7) is 5.57. The van der Waals surface area contributed by atoms with Gasteiger partial charge in [0.2, 0.25) is 0 Å².